The highest BCUT2D eigenvalue weighted by Gasteiger charge is 2.32. The van der Waals surface area contributed by atoms with Crippen LogP contribution in [0.3, 0.4) is 0 Å². The topological polar surface area (TPSA) is 28.2 Å². The minimum Gasteiger partial charge on any atom is -0.308 e. The van der Waals surface area contributed by atoms with Crippen LogP contribution in [-0.2, 0) is 6.54 Å². The average Bonchev–Trinajstić information content (AvgIpc) is 2.90. The molecular weight excluding hydrogens is 301 g/mol. The van der Waals surface area contributed by atoms with Gasteiger partial charge >= 0.3 is 0 Å². The van der Waals surface area contributed by atoms with E-state index in [9.17, 15) is 4.39 Å². The predicted molar refractivity (Wildman–Crippen MR) is 86.3 cm³/mol. The molecule has 1 saturated heterocycles. The molecule has 3 rings (SSSR count). The lowest BCUT2D eigenvalue weighted by atomic mass is 10.00. The van der Waals surface area contributed by atoms with Crippen molar-refractivity contribution in [1.82, 2.24) is 15.2 Å². The van der Waals surface area contributed by atoms with Gasteiger partial charge in [-0.25, -0.2) is 4.39 Å². The number of hydrogen-bond donors (Lipinski definition) is 1. The fourth-order valence-electron chi connectivity index (χ4n) is 3.10. The summed E-state index contributed by atoms with van der Waals surface area (Å²) in [5.41, 5.74) is 2.11. The number of benzene rings is 1. The molecule has 22 heavy (non-hydrogen) atoms. The van der Waals surface area contributed by atoms with Crippen LogP contribution < -0.4 is 5.32 Å². The van der Waals surface area contributed by atoms with Gasteiger partial charge in [0.1, 0.15) is 5.82 Å². The number of aromatic nitrogens is 1. The smallest absolute Gasteiger partial charge is 0.142 e. The van der Waals surface area contributed by atoms with Crippen LogP contribution in [0.1, 0.15) is 23.6 Å². The van der Waals surface area contributed by atoms with E-state index in [1.807, 2.05) is 18.3 Å². The van der Waals surface area contributed by atoms with Crippen molar-refractivity contribution in [2.24, 2.45) is 0 Å². The lowest BCUT2D eigenvalue weighted by molar-refractivity contribution is 0.285. The monoisotopic (exact) mass is 319 g/mol. The zero-order valence-corrected chi connectivity index (χ0v) is 13.2. The normalized spacial score (nSPS) is 22.1. The van der Waals surface area contributed by atoms with Crippen molar-refractivity contribution in [1.29, 1.82) is 0 Å². The second-order valence-corrected chi connectivity index (χ2v) is 6.14. The molecule has 0 unspecified atom stereocenters. The maximum absolute atomic E-state index is 13.8. The van der Waals surface area contributed by atoms with Crippen LogP contribution in [-0.4, -0.2) is 29.5 Å². The van der Waals surface area contributed by atoms with E-state index in [4.69, 9.17) is 11.6 Å². The van der Waals surface area contributed by atoms with Crippen LogP contribution in [0.25, 0.3) is 0 Å². The number of likely N-dealkylation sites (tertiary alicyclic amines) is 1. The summed E-state index contributed by atoms with van der Waals surface area (Å²) in [5.74, 6) is -0.356. The van der Waals surface area contributed by atoms with Gasteiger partial charge in [-0.2, -0.15) is 0 Å². The standard InChI is InChI=1S/C17H19ClFN3/c1-22-8-6-16(21-11-12-3-2-7-20-10-12)17(22)13-4-5-14(18)15(19)9-13/h2-5,7,9-10,16-17,21H,6,8,11H2,1H3/t16-,17+/m0/s1. The molecule has 1 aliphatic rings. The Bertz CT molecular complexity index is 635. The first-order chi connectivity index (χ1) is 10.6. The summed E-state index contributed by atoms with van der Waals surface area (Å²) in [7, 11) is 2.07. The second-order valence-electron chi connectivity index (χ2n) is 5.74. The summed E-state index contributed by atoms with van der Waals surface area (Å²) in [6, 6.07) is 9.52. The third-order valence-electron chi connectivity index (χ3n) is 4.23. The van der Waals surface area contributed by atoms with Crippen molar-refractivity contribution in [2.75, 3.05) is 13.6 Å². The van der Waals surface area contributed by atoms with Gasteiger partial charge in [0.2, 0.25) is 0 Å². The highest BCUT2D eigenvalue weighted by molar-refractivity contribution is 6.30. The lowest BCUT2D eigenvalue weighted by Crippen LogP contribution is -2.34. The van der Waals surface area contributed by atoms with Gasteiger partial charge in [-0.15, -0.1) is 0 Å². The van der Waals surface area contributed by atoms with Gasteiger partial charge in [0.05, 0.1) is 5.02 Å². The van der Waals surface area contributed by atoms with E-state index < -0.39 is 0 Å². The second kappa shape index (κ2) is 6.73. The van der Waals surface area contributed by atoms with E-state index in [1.165, 1.54) is 0 Å². The molecule has 116 valence electrons. The minimum absolute atomic E-state index is 0.156. The summed E-state index contributed by atoms with van der Waals surface area (Å²) in [5, 5.41) is 3.74. The Morgan fingerprint density at radius 3 is 3.00 bits per heavy atom. The molecule has 0 radical (unpaired) electrons. The van der Waals surface area contributed by atoms with Crippen LogP contribution in [0.5, 0.6) is 0 Å². The molecular formula is C17H19ClFN3. The van der Waals surface area contributed by atoms with Crippen LogP contribution in [0, 0.1) is 5.82 Å². The highest BCUT2D eigenvalue weighted by Crippen LogP contribution is 2.32. The first-order valence-electron chi connectivity index (χ1n) is 7.42. The Morgan fingerprint density at radius 2 is 2.27 bits per heavy atom. The molecule has 0 spiro atoms. The number of halogens is 2. The molecule has 0 amide bonds. The van der Waals surface area contributed by atoms with Gasteiger partial charge in [0, 0.05) is 37.6 Å². The Hall–Kier alpha value is -1.49. The number of nitrogens with one attached hydrogen (secondary N) is 1. The number of nitrogens with zero attached hydrogens (tertiary/aromatic N) is 2. The van der Waals surface area contributed by atoms with E-state index in [0.717, 1.165) is 30.6 Å². The molecule has 0 bridgehead atoms. The molecule has 2 aromatic rings. The van der Waals surface area contributed by atoms with Crippen molar-refractivity contribution in [2.45, 2.75) is 25.0 Å². The van der Waals surface area contributed by atoms with Crippen LogP contribution >= 0.6 is 11.6 Å². The number of hydrogen-bond acceptors (Lipinski definition) is 3. The summed E-state index contributed by atoms with van der Waals surface area (Å²) in [6.07, 6.45) is 4.67. The number of pyridine rings is 1. The molecule has 1 aliphatic heterocycles. The van der Waals surface area contributed by atoms with E-state index in [-0.39, 0.29) is 22.9 Å². The maximum Gasteiger partial charge on any atom is 0.142 e. The van der Waals surface area contributed by atoms with Crippen molar-refractivity contribution < 1.29 is 4.39 Å². The molecule has 1 N–H and O–H groups in total. The number of likely N-dealkylation sites (N-methyl/N-ethyl adjacent to an activating group) is 1. The van der Waals surface area contributed by atoms with E-state index in [1.54, 1.807) is 18.3 Å². The van der Waals surface area contributed by atoms with Crippen molar-refractivity contribution in [3.8, 4) is 0 Å². The largest absolute Gasteiger partial charge is 0.308 e. The zero-order chi connectivity index (χ0) is 15.5. The molecule has 1 fully saturated rings. The summed E-state index contributed by atoms with van der Waals surface area (Å²) >= 11 is 5.79. The minimum atomic E-state index is -0.356. The molecule has 1 aromatic carbocycles. The van der Waals surface area contributed by atoms with Crippen molar-refractivity contribution in [3.05, 3.63) is 64.7 Å². The van der Waals surface area contributed by atoms with Crippen molar-refractivity contribution >= 4 is 11.6 Å². The summed E-state index contributed by atoms with van der Waals surface area (Å²) in [4.78, 5) is 6.38. The molecule has 2 atom stereocenters. The third kappa shape index (κ3) is 3.29. The molecule has 0 aliphatic carbocycles. The maximum atomic E-state index is 13.8. The van der Waals surface area contributed by atoms with Crippen LogP contribution in [0.15, 0.2) is 42.7 Å². The fraction of sp³-hybridized carbons (Fsp3) is 0.353. The SMILES string of the molecule is CN1CC[C@H](NCc2cccnc2)[C@H]1c1ccc(Cl)c(F)c1. The Morgan fingerprint density at radius 1 is 1.41 bits per heavy atom. The van der Waals surface area contributed by atoms with E-state index in [2.05, 4.69) is 28.3 Å². The first-order valence-corrected chi connectivity index (χ1v) is 7.80. The van der Waals surface area contributed by atoms with Crippen molar-refractivity contribution in [3.63, 3.8) is 0 Å². The van der Waals surface area contributed by atoms with Gasteiger partial charge < -0.3 is 5.32 Å². The number of rotatable bonds is 4. The van der Waals surface area contributed by atoms with Gasteiger partial charge in [-0.1, -0.05) is 23.7 Å². The predicted octanol–water partition coefficient (Wildman–Crippen LogP) is 3.41. The third-order valence-corrected chi connectivity index (χ3v) is 4.53. The summed E-state index contributed by atoms with van der Waals surface area (Å²) in [6.45, 7) is 1.75. The quantitative estimate of drug-likeness (QED) is 0.936. The van der Waals surface area contributed by atoms with Gasteiger partial charge in [-0.05, 0) is 42.8 Å². The fourth-order valence-corrected chi connectivity index (χ4v) is 3.21. The average molecular weight is 320 g/mol. The highest BCUT2D eigenvalue weighted by atomic mass is 35.5. The zero-order valence-electron chi connectivity index (χ0n) is 12.5. The molecule has 5 heteroatoms. The van der Waals surface area contributed by atoms with Crippen LogP contribution in [0.2, 0.25) is 5.02 Å². The van der Waals surface area contributed by atoms with Crippen LogP contribution in [0.4, 0.5) is 4.39 Å². The van der Waals surface area contributed by atoms with Gasteiger partial charge in [0.15, 0.2) is 0 Å². The van der Waals surface area contributed by atoms with E-state index >= 15 is 0 Å². The van der Waals surface area contributed by atoms with Gasteiger partial charge in [0.25, 0.3) is 0 Å². The molecule has 2 heterocycles. The first kappa shape index (κ1) is 15.4. The molecule has 3 nitrogen and oxygen atoms in total. The van der Waals surface area contributed by atoms with Gasteiger partial charge in [-0.3, -0.25) is 9.88 Å². The Balaban J connectivity index is 1.74. The molecule has 0 saturated carbocycles. The summed E-state index contributed by atoms with van der Waals surface area (Å²) < 4.78 is 13.8. The van der Waals surface area contributed by atoms with E-state index in [0.29, 0.717) is 0 Å². The lowest BCUT2D eigenvalue weighted by Gasteiger charge is -2.26. The Kier molecular flexibility index (Phi) is 4.71. The Labute approximate surface area is 135 Å². The molecule has 1 aromatic heterocycles.